The molecule has 0 atom stereocenters. The first-order valence-electron chi connectivity index (χ1n) is 10.8. The predicted octanol–water partition coefficient (Wildman–Crippen LogP) is 5.48. The van der Waals surface area contributed by atoms with Crippen molar-refractivity contribution in [1.82, 2.24) is 4.31 Å². The SMILES string of the molecule is CCOc1ccc(C(=O)Nc2cc(OC)c(Cl)cc2OC)cc1CN(C)S(=O)(=O)c1ccc(Cl)cc1. The zero-order chi connectivity index (χ0) is 26.5. The normalized spacial score (nSPS) is 11.3. The van der Waals surface area contributed by atoms with E-state index in [9.17, 15) is 13.2 Å². The molecule has 0 bridgehead atoms. The van der Waals surface area contributed by atoms with Crippen molar-refractivity contribution in [2.45, 2.75) is 18.4 Å². The molecule has 1 N–H and O–H groups in total. The number of amides is 1. The van der Waals surface area contributed by atoms with Gasteiger partial charge in [0.2, 0.25) is 10.0 Å². The second kappa shape index (κ2) is 11.8. The van der Waals surface area contributed by atoms with E-state index in [4.69, 9.17) is 37.4 Å². The number of ether oxygens (including phenoxy) is 3. The molecule has 0 aromatic heterocycles. The molecule has 0 aliphatic heterocycles. The minimum Gasteiger partial charge on any atom is -0.495 e. The van der Waals surface area contributed by atoms with Gasteiger partial charge in [-0.1, -0.05) is 23.2 Å². The number of anilines is 1. The second-order valence-corrected chi connectivity index (χ2v) is 10.5. The third-order valence-corrected chi connectivity index (χ3v) is 7.62. The lowest BCUT2D eigenvalue weighted by atomic mass is 10.1. The summed E-state index contributed by atoms with van der Waals surface area (Å²) < 4.78 is 43.5. The zero-order valence-electron chi connectivity index (χ0n) is 20.2. The first-order chi connectivity index (χ1) is 17.1. The van der Waals surface area contributed by atoms with Crippen LogP contribution in [0.2, 0.25) is 10.0 Å². The molecule has 0 heterocycles. The first kappa shape index (κ1) is 27.6. The molecule has 8 nitrogen and oxygen atoms in total. The summed E-state index contributed by atoms with van der Waals surface area (Å²) in [4.78, 5) is 13.2. The Morgan fingerprint density at radius 2 is 1.61 bits per heavy atom. The third-order valence-electron chi connectivity index (χ3n) is 5.26. The minimum absolute atomic E-state index is 0.0283. The van der Waals surface area contributed by atoms with Crippen LogP contribution in [-0.4, -0.2) is 46.5 Å². The summed E-state index contributed by atoms with van der Waals surface area (Å²) in [7, 11) is 0.566. The fourth-order valence-electron chi connectivity index (χ4n) is 3.40. The van der Waals surface area contributed by atoms with Gasteiger partial charge in [-0.25, -0.2) is 8.42 Å². The van der Waals surface area contributed by atoms with E-state index in [1.54, 1.807) is 24.3 Å². The number of methoxy groups -OCH3 is 2. The fraction of sp³-hybridized carbons (Fsp3) is 0.240. The number of nitrogens with zero attached hydrogens (tertiary/aromatic N) is 1. The van der Waals surface area contributed by atoms with Gasteiger partial charge < -0.3 is 19.5 Å². The van der Waals surface area contributed by atoms with Gasteiger partial charge in [-0.15, -0.1) is 0 Å². The van der Waals surface area contributed by atoms with Gasteiger partial charge in [-0.05, 0) is 49.4 Å². The molecule has 0 aliphatic rings. The van der Waals surface area contributed by atoms with Crippen LogP contribution in [0.1, 0.15) is 22.8 Å². The van der Waals surface area contributed by atoms with Crippen LogP contribution in [-0.2, 0) is 16.6 Å². The molecular weight excluding hydrogens is 527 g/mol. The van der Waals surface area contributed by atoms with E-state index in [1.165, 1.54) is 55.9 Å². The van der Waals surface area contributed by atoms with E-state index in [-0.39, 0.29) is 11.4 Å². The lowest BCUT2D eigenvalue weighted by Crippen LogP contribution is -2.27. The van der Waals surface area contributed by atoms with Crippen molar-refractivity contribution in [3.63, 3.8) is 0 Å². The van der Waals surface area contributed by atoms with Crippen molar-refractivity contribution in [1.29, 1.82) is 0 Å². The van der Waals surface area contributed by atoms with Gasteiger partial charge in [0.1, 0.15) is 17.2 Å². The standard InChI is InChI=1S/C25H26Cl2N2O6S/c1-5-35-22-11-6-16(25(30)28-21-14-23(33-3)20(27)13-24(21)34-4)12-17(22)15-29(2)36(31,32)19-9-7-18(26)8-10-19/h6-14H,5,15H2,1-4H3,(H,28,30). The number of hydrogen-bond donors (Lipinski definition) is 1. The Hall–Kier alpha value is -2.98. The first-order valence-corrected chi connectivity index (χ1v) is 13.0. The molecule has 0 saturated carbocycles. The van der Waals surface area contributed by atoms with Crippen LogP contribution in [0.15, 0.2) is 59.5 Å². The summed E-state index contributed by atoms with van der Waals surface area (Å²) in [6.45, 7) is 2.16. The Balaban J connectivity index is 1.91. The van der Waals surface area contributed by atoms with Gasteiger partial charge in [0.25, 0.3) is 5.91 Å². The van der Waals surface area contributed by atoms with Crippen LogP contribution in [0.25, 0.3) is 0 Å². The molecule has 3 aromatic carbocycles. The molecule has 0 aliphatic carbocycles. The third kappa shape index (κ3) is 6.22. The predicted molar refractivity (Wildman–Crippen MR) is 140 cm³/mol. The summed E-state index contributed by atoms with van der Waals surface area (Å²) in [5, 5.41) is 3.55. The summed E-state index contributed by atoms with van der Waals surface area (Å²) in [5.41, 5.74) is 1.17. The van der Waals surface area contributed by atoms with Crippen LogP contribution < -0.4 is 19.5 Å². The van der Waals surface area contributed by atoms with Crippen molar-refractivity contribution >= 4 is 44.8 Å². The Labute approximate surface area is 220 Å². The molecule has 36 heavy (non-hydrogen) atoms. The maximum absolute atomic E-state index is 13.1. The number of carbonyl (C=O) groups is 1. The smallest absolute Gasteiger partial charge is 0.255 e. The number of sulfonamides is 1. The van der Waals surface area contributed by atoms with Gasteiger partial charge >= 0.3 is 0 Å². The van der Waals surface area contributed by atoms with Gasteiger partial charge in [0.15, 0.2) is 0 Å². The van der Waals surface area contributed by atoms with E-state index in [0.29, 0.717) is 50.7 Å². The van der Waals surface area contributed by atoms with E-state index in [0.717, 1.165) is 0 Å². The van der Waals surface area contributed by atoms with Gasteiger partial charge in [-0.2, -0.15) is 4.31 Å². The van der Waals surface area contributed by atoms with Crippen molar-refractivity contribution < 1.29 is 27.4 Å². The number of halogens is 2. The molecule has 192 valence electrons. The monoisotopic (exact) mass is 552 g/mol. The number of rotatable bonds is 10. The van der Waals surface area contributed by atoms with Crippen LogP contribution >= 0.6 is 23.2 Å². The summed E-state index contributed by atoms with van der Waals surface area (Å²) >= 11 is 12.0. The average molecular weight is 553 g/mol. The minimum atomic E-state index is -3.81. The van der Waals surface area contributed by atoms with Crippen LogP contribution in [0.3, 0.4) is 0 Å². The molecule has 3 aromatic rings. The molecule has 0 saturated heterocycles. The quantitative estimate of drug-likeness (QED) is 0.357. The summed E-state index contributed by atoms with van der Waals surface area (Å²) in [5.74, 6) is 0.756. The average Bonchev–Trinajstić information content (AvgIpc) is 2.86. The molecule has 1 amide bonds. The second-order valence-electron chi connectivity index (χ2n) is 7.61. The van der Waals surface area contributed by atoms with E-state index in [2.05, 4.69) is 5.32 Å². The Bertz CT molecular complexity index is 1350. The largest absolute Gasteiger partial charge is 0.495 e. The number of carbonyl (C=O) groups excluding carboxylic acids is 1. The van der Waals surface area contributed by atoms with Crippen LogP contribution in [0.5, 0.6) is 17.2 Å². The number of hydrogen-bond acceptors (Lipinski definition) is 6. The molecular formula is C25H26Cl2N2O6S. The summed E-state index contributed by atoms with van der Waals surface area (Å²) in [6.07, 6.45) is 0. The number of nitrogens with one attached hydrogen (secondary N) is 1. The highest BCUT2D eigenvalue weighted by atomic mass is 35.5. The highest BCUT2D eigenvalue weighted by Crippen LogP contribution is 2.36. The Kier molecular flexibility index (Phi) is 9.08. The van der Waals surface area contributed by atoms with Crippen molar-refractivity contribution in [2.24, 2.45) is 0 Å². The summed E-state index contributed by atoms with van der Waals surface area (Å²) in [6, 6.07) is 13.8. The van der Waals surface area contributed by atoms with Crippen LogP contribution in [0, 0.1) is 0 Å². The highest BCUT2D eigenvalue weighted by Gasteiger charge is 2.23. The molecule has 0 fully saturated rings. The van der Waals surface area contributed by atoms with Crippen molar-refractivity contribution in [3.8, 4) is 17.2 Å². The fourth-order valence-corrected chi connectivity index (χ4v) is 4.91. The topological polar surface area (TPSA) is 94.2 Å². The van der Waals surface area contributed by atoms with E-state index < -0.39 is 15.9 Å². The molecule has 3 rings (SSSR count). The van der Waals surface area contributed by atoms with Gasteiger partial charge in [-0.3, -0.25) is 4.79 Å². The van der Waals surface area contributed by atoms with Crippen molar-refractivity contribution in [2.75, 3.05) is 33.2 Å². The Morgan fingerprint density at radius 3 is 2.22 bits per heavy atom. The number of benzene rings is 3. The van der Waals surface area contributed by atoms with Gasteiger partial charge in [0.05, 0.1) is 36.4 Å². The maximum Gasteiger partial charge on any atom is 0.255 e. The Morgan fingerprint density at radius 1 is 0.944 bits per heavy atom. The van der Waals surface area contributed by atoms with Gasteiger partial charge in [0, 0.05) is 41.9 Å². The van der Waals surface area contributed by atoms with Crippen molar-refractivity contribution in [3.05, 3.63) is 75.8 Å². The van der Waals surface area contributed by atoms with E-state index >= 15 is 0 Å². The lowest BCUT2D eigenvalue weighted by Gasteiger charge is -2.20. The molecule has 0 spiro atoms. The lowest BCUT2D eigenvalue weighted by molar-refractivity contribution is 0.102. The van der Waals surface area contributed by atoms with Crippen LogP contribution in [0.4, 0.5) is 5.69 Å². The highest BCUT2D eigenvalue weighted by molar-refractivity contribution is 7.89. The molecule has 0 radical (unpaired) electrons. The van der Waals surface area contributed by atoms with E-state index in [1.807, 2.05) is 6.92 Å². The zero-order valence-corrected chi connectivity index (χ0v) is 22.5. The molecule has 0 unspecified atom stereocenters. The molecule has 11 heteroatoms. The maximum atomic E-state index is 13.1.